The summed E-state index contributed by atoms with van der Waals surface area (Å²) in [5.41, 5.74) is 0. The van der Waals surface area contributed by atoms with E-state index in [9.17, 15) is 22.0 Å². The monoisotopic (exact) mass is 375 g/mol. The Balaban J connectivity index is 2.24. The van der Waals surface area contributed by atoms with Gasteiger partial charge in [0, 0.05) is 6.08 Å². The molecule has 0 saturated heterocycles. The Morgan fingerprint density at radius 1 is 0.720 bits per heavy atom. The molecule has 0 fully saturated rings. The Morgan fingerprint density at radius 3 is 1.60 bits per heavy atom. The molecule has 2 aromatic rings. The van der Waals surface area contributed by atoms with E-state index in [4.69, 9.17) is 0 Å². The Labute approximate surface area is 143 Å². The Morgan fingerprint density at radius 2 is 1.16 bits per heavy atom. The maximum Gasteiger partial charge on any atom is 0.396 e. The molecule has 1 aliphatic rings. The number of benzene rings is 2. The molecule has 7 heteroatoms. The summed E-state index contributed by atoms with van der Waals surface area (Å²) >= 11 is 0. The summed E-state index contributed by atoms with van der Waals surface area (Å²) in [4.78, 5) is 0.238. The van der Waals surface area contributed by atoms with Gasteiger partial charge in [0.25, 0.3) is 0 Å². The standard InChI is InChI=1S/C18H13F6S/c19-15-11-12-16(20,18(23,24)17(15,21)22)25(13-7-3-1-4-8-13)14-9-5-2-6-10-14/h1-12,15H/q+1. The van der Waals surface area contributed by atoms with Crippen LogP contribution < -0.4 is 0 Å². The largest absolute Gasteiger partial charge is 0.396 e. The molecular formula is C18H13F6S+. The summed E-state index contributed by atoms with van der Waals surface area (Å²) in [5.74, 6) is -10.4. The minimum atomic E-state index is -5.22. The van der Waals surface area contributed by atoms with Crippen molar-refractivity contribution in [3.05, 3.63) is 72.8 Å². The number of alkyl halides is 6. The lowest BCUT2D eigenvalue weighted by Crippen LogP contribution is -2.64. The predicted octanol–water partition coefficient (Wildman–Crippen LogP) is 5.57. The molecule has 2 unspecified atom stereocenters. The average Bonchev–Trinajstić information content (AvgIpc) is 2.60. The zero-order valence-electron chi connectivity index (χ0n) is 12.7. The summed E-state index contributed by atoms with van der Waals surface area (Å²) in [6.45, 7) is 0. The number of allylic oxidation sites excluding steroid dienone is 1. The van der Waals surface area contributed by atoms with Gasteiger partial charge in [0.05, 0.1) is 0 Å². The Bertz CT molecular complexity index is 722. The number of hydrogen-bond acceptors (Lipinski definition) is 0. The number of rotatable bonds is 3. The molecule has 2 aromatic carbocycles. The summed E-state index contributed by atoms with van der Waals surface area (Å²) < 4.78 is 85.7. The van der Waals surface area contributed by atoms with Gasteiger partial charge < -0.3 is 0 Å². The highest BCUT2D eigenvalue weighted by Gasteiger charge is 2.81. The predicted molar refractivity (Wildman–Crippen MR) is 84.6 cm³/mol. The molecule has 0 bridgehead atoms. The fourth-order valence-electron chi connectivity index (χ4n) is 2.62. The highest BCUT2D eigenvalue weighted by molar-refractivity contribution is 7.98. The normalized spacial score (nSPS) is 27.4. The van der Waals surface area contributed by atoms with Crippen molar-refractivity contribution < 1.29 is 26.3 Å². The smallest absolute Gasteiger partial charge is 0.236 e. The van der Waals surface area contributed by atoms with Gasteiger partial charge in [-0.1, -0.05) is 36.4 Å². The third-order valence-electron chi connectivity index (χ3n) is 3.93. The van der Waals surface area contributed by atoms with Crippen LogP contribution in [0, 0.1) is 0 Å². The van der Waals surface area contributed by atoms with E-state index in [1.54, 1.807) is 12.1 Å². The SMILES string of the molecule is FC1C=CC(F)([S+](c2ccccc2)c2ccccc2)C(F)(F)C1(F)F. The van der Waals surface area contributed by atoms with Gasteiger partial charge in [0.1, 0.15) is 10.9 Å². The van der Waals surface area contributed by atoms with Gasteiger partial charge in [0.2, 0.25) is 0 Å². The molecule has 3 rings (SSSR count). The molecule has 0 spiro atoms. The summed E-state index contributed by atoms with van der Waals surface area (Å²) in [6.07, 6.45) is -2.81. The summed E-state index contributed by atoms with van der Waals surface area (Å²) in [7, 11) is -2.08. The van der Waals surface area contributed by atoms with Crippen LogP contribution in [0.3, 0.4) is 0 Å². The topological polar surface area (TPSA) is 0 Å². The van der Waals surface area contributed by atoms with Crippen LogP contribution in [0.5, 0.6) is 0 Å². The van der Waals surface area contributed by atoms with Crippen LogP contribution in [-0.2, 0) is 10.9 Å². The lowest BCUT2D eigenvalue weighted by Gasteiger charge is -2.38. The van der Waals surface area contributed by atoms with Crippen LogP contribution >= 0.6 is 0 Å². The van der Waals surface area contributed by atoms with E-state index >= 15 is 4.39 Å². The maximum atomic E-state index is 15.6. The van der Waals surface area contributed by atoms with Crippen molar-refractivity contribution in [2.75, 3.05) is 0 Å². The lowest BCUT2D eigenvalue weighted by atomic mass is 9.95. The molecule has 0 amide bonds. The van der Waals surface area contributed by atoms with E-state index in [1.165, 1.54) is 48.5 Å². The number of halogens is 6. The third kappa shape index (κ3) is 2.65. The van der Waals surface area contributed by atoms with Crippen molar-refractivity contribution in [3.63, 3.8) is 0 Å². The van der Waals surface area contributed by atoms with E-state index in [0.717, 1.165) is 0 Å². The van der Waals surface area contributed by atoms with Crippen LogP contribution in [0.1, 0.15) is 0 Å². The van der Waals surface area contributed by atoms with Crippen LogP contribution in [-0.4, -0.2) is 23.0 Å². The summed E-state index contributed by atoms with van der Waals surface area (Å²) in [5, 5.41) is -3.76. The molecule has 0 aromatic heterocycles. The van der Waals surface area contributed by atoms with Crippen LogP contribution in [0.15, 0.2) is 82.6 Å². The second-order valence-corrected chi connectivity index (χ2v) is 7.68. The minimum Gasteiger partial charge on any atom is -0.236 e. The zero-order valence-corrected chi connectivity index (χ0v) is 13.5. The first-order valence-electron chi connectivity index (χ1n) is 7.34. The van der Waals surface area contributed by atoms with E-state index in [2.05, 4.69) is 0 Å². The highest BCUT2D eigenvalue weighted by atomic mass is 32.2. The molecule has 0 nitrogen and oxygen atoms in total. The van der Waals surface area contributed by atoms with Gasteiger partial charge >= 0.3 is 16.8 Å². The van der Waals surface area contributed by atoms with Crippen molar-refractivity contribution in [2.45, 2.75) is 32.8 Å². The van der Waals surface area contributed by atoms with Gasteiger partial charge in [-0.15, -0.1) is 0 Å². The van der Waals surface area contributed by atoms with Crippen LogP contribution in [0.2, 0.25) is 0 Å². The Kier molecular flexibility index (Phi) is 4.39. The average molecular weight is 375 g/mol. The molecule has 0 heterocycles. The first kappa shape index (κ1) is 17.9. The quantitative estimate of drug-likeness (QED) is 0.374. The van der Waals surface area contributed by atoms with Crippen LogP contribution in [0.25, 0.3) is 0 Å². The summed E-state index contributed by atoms with van der Waals surface area (Å²) in [6, 6.07) is 14.8. The maximum absolute atomic E-state index is 15.6. The highest BCUT2D eigenvalue weighted by Crippen LogP contribution is 2.56. The fourth-order valence-corrected chi connectivity index (χ4v) is 5.05. The molecule has 2 atom stereocenters. The van der Waals surface area contributed by atoms with Gasteiger partial charge in [-0.3, -0.25) is 0 Å². The molecule has 0 N–H and O–H groups in total. The molecule has 25 heavy (non-hydrogen) atoms. The first-order valence-corrected chi connectivity index (χ1v) is 8.57. The van der Waals surface area contributed by atoms with Crippen molar-refractivity contribution in [1.29, 1.82) is 0 Å². The zero-order chi connectivity index (χ0) is 18.3. The van der Waals surface area contributed by atoms with E-state index in [0.29, 0.717) is 0 Å². The van der Waals surface area contributed by atoms with Crippen molar-refractivity contribution in [1.82, 2.24) is 0 Å². The van der Waals surface area contributed by atoms with E-state index in [1.807, 2.05) is 0 Å². The molecule has 132 valence electrons. The van der Waals surface area contributed by atoms with E-state index in [-0.39, 0.29) is 21.9 Å². The molecular weight excluding hydrogens is 362 g/mol. The van der Waals surface area contributed by atoms with Crippen molar-refractivity contribution in [2.24, 2.45) is 0 Å². The first-order chi connectivity index (χ1) is 11.7. The van der Waals surface area contributed by atoms with Gasteiger partial charge in [0.15, 0.2) is 16.0 Å². The van der Waals surface area contributed by atoms with Crippen molar-refractivity contribution in [3.8, 4) is 0 Å². The second-order valence-electron chi connectivity index (χ2n) is 5.54. The van der Waals surface area contributed by atoms with Crippen molar-refractivity contribution >= 4 is 10.9 Å². The molecule has 1 aliphatic carbocycles. The second kappa shape index (κ2) is 6.12. The fraction of sp³-hybridized carbons (Fsp3) is 0.222. The molecule has 0 radical (unpaired) electrons. The van der Waals surface area contributed by atoms with Gasteiger partial charge in [-0.2, -0.15) is 22.0 Å². The molecule has 0 aliphatic heterocycles. The van der Waals surface area contributed by atoms with Crippen LogP contribution in [0.4, 0.5) is 26.3 Å². The minimum absolute atomic E-state index is 0.119. The van der Waals surface area contributed by atoms with Gasteiger partial charge in [-0.25, -0.2) is 4.39 Å². The number of hydrogen-bond donors (Lipinski definition) is 0. The molecule has 0 saturated carbocycles. The lowest BCUT2D eigenvalue weighted by molar-refractivity contribution is -0.262. The third-order valence-corrected chi connectivity index (χ3v) is 6.40. The Hall–Kier alpha value is -1.89. The van der Waals surface area contributed by atoms with E-state index < -0.39 is 33.9 Å². The van der Waals surface area contributed by atoms with Gasteiger partial charge in [-0.05, 0) is 30.3 Å².